The van der Waals surface area contributed by atoms with Crippen molar-refractivity contribution in [2.45, 2.75) is 95.3 Å². The number of para-hydroxylation sites is 1. The Kier molecular flexibility index (Phi) is 15.9. The minimum atomic E-state index is -4.45. The molecule has 0 fully saturated rings. The first-order valence-electron chi connectivity index (χ1n) is 12.0. The van der Waals surface area contributed by atoms with Crippen LogP contribution in [0.3, 0.4) is 0 Å². The van der Waals surface area contributed by atoms with Crippen molar-refractivity contribution in [1.29, 1.82) is 0 Å². The summed E-state index contributed by atoms with van der Waals surface area (Å²) in [6.07, 6.45) is 15.2. The van der Waals surface area contributed by atoms with Crippen LogP contribution in [0.4, 0.5) is 0 Å². The van der Waals surface area contributed by atoms with Crippen LogP contribution in [0.2, 0.25) is 0 Å². The molecule has 1 N–H and O–H groups in total. The molecule has 33 heavy (non-hydrogen) atoms. The average molecular weight is 501 g/mol. The molecule has 0 radical (unpaired) electrons. The largest absolute Gasteiger partial charge is 1.00 e. The number of hydrogen-bond acceptors (Lipinski definition) is 4. The van der Waals surface area contributed by atoms with Gasteiger partial charge in [-0.15, -0.1) is 0 Å². The number of benzene rings is 2. The van der Waals surface area contributed by atoms with Gasteiger partial charge in [0.2, 0.25) is 0 Å². The fraction of sp³-hybridized carbons (Fsp3) is 0.538. The molecule has 5 nitrogen and oxygen atoms in total. The van der Waals surface area contributed by atoms with E-state index in [-0.39, 0.29) is 62.0 Å². The Morgan fingerprint density at radius 2 is 1.33 bits per heavy atom. The second-order valence-corrected chi connectivity index (χ2v) is 9.86. The molecular formula is C26H37KO5S. The van der Waals surface area contributed by atoms with Crippen molar-refractivity contribution in [3.05, 3.63) is 48.0 Å². The first-order chi connectivity index (χ1) is 15.4. The molecule has 0 saturated heterocycles. The smallest absolute Gasteiger partial charge is 0.870 e. The molecule has 0 unspecified atom stereocenters. The van der Waals surface area contributed by atoms with Gasteiger partial charge in [-0.05, 0) is 42.7 Å². The topological polar surface area (TPSA) is 86.7 Å². The maximum atomic E-state index is 12.5. The second kappa shape index (κ2) is 17.1. The Morgan fingerprint density at radius 1 is 0.818 bits per heavy atom. The fourth-order valence-electron chi connectivity index (χ4n) is 3.85. The summed E-state index contributed by atoms with van der Waals surface area (Å²) < 4.78 is 38.3. The number of unbranched alkanes of at least 4 members (excludes halogenated alkanes) is 11. The first kappa shape index (κ1) is 30.6. The molecule has 0 amide bonds. The van der Waals surface area contributed by atoms with E-state index in [0.717, 1.165) is 25.3 Å². The molecule has 7 heteroatoms. The fourth-order valence-corrected chi connectivity index (χ4v) is 4.39. The number of hydrogen-bond donors (Lipinski definition) is 1. The van der Waals surface area contributed by atoms with Gasteiger partial charge in [-0.3, -0.25) is 4.55 Å². The predicted octanol–water partition coefficient (Wildman–Crippen LogP) is 4.05. The van der Waals surface area contributed by atoms with E-state index >= 15 is 0 Å². The molecule has 2 rings (SSSR count). The van der Waals surface area contributed by atoms with Crippen molar-refractivity contribution >= 4 is 10.1 Å². The zero-order valence-corrected chi connectivity index (χ0v) is 24.2. The predicted molar refractivity (Wildman–Crippen MR) is 127 cm³/mol. The van der Waals surface area contributed by atoms with E-state index in [1.165, 1.54) is 63.9 Å². The van der Waals surface area contributed by atoms with Gasteiger partial charge in [-0.1, -0.05) is 102 Å². The van der Waals surface area contributed by atoms with Crippen LogP contribution in [0.15, 0.2) is 47.4 Å². The molecule has 0 aliphatic heterocycles. The van der Waals surface area contributed by atoms with E-state index in [2.05, 4.69) is 6.92 Å². The summed E-state index contributed by atoms with van der Waals surface area (Å²) in [5.41, 5.74) is 0.515. The van der Waals surface area contributed by atoms with Crippen LogP contribution in [0, 0.1) is 0 Å². The SMILES string of the molecule is CCCCCCCCCCCCCCc1cc(S(=O)(=O)O)cc([O-])c1Oc1ccccc1.[K+]. The third kappa shape index (κ3) is 12.2. The zero-order valence-electron chi connectivity index (χ0n) is 20.2. The third-order valence-corrected chi connectivity index (χ3v) is 6.50. The van der Waals surface area contributed by atoms with Gasteiger partial charge in [0.15, 0.2) is 0 Å². The molecule has 2 aromatic carbocycles. The Bertz CT molecular complexity index is 900. The van der Waals surface area contributed by atoms with E-state index in [9.17, 15) is 18.1 Å². The van der Waals surface area contributed by atoms with Crippen molar-refractivity contribution in [3.8, 4) is 17.2 Å². The summed E-state index contributed by atoms with van der Waals surface area (Å²) in [6, 6.07) is 11.2. The number of rotatable bonds is 16. The maximum Gasteiger partial charge on any atom is 1.00 e. The molecule has 0 saturated carbocycles. The Balaban J connectivity index is 0.00000544. The summed E-state index contributed by atoms with van der Waals surface area (Å²) >= 11 is 0. The van der Waals surface area contributed by atoms with Crippen LogP contribution < -0.4 is 61.2 Å². The Morgan fingerprint density at radius 3 is 1.85 bits per heavy atom. The summed E-state index contributed by atoms with van der Waals surface area (Å²) in [7, 11) is -4.45. The van der Waals surface area contributed by atoms with E-state index in [1.54, 1.807) is 24.3 Å². The quantitative estimate of drug-likeness (QED) is 0.213. The van der Waals surface area contributed by atoms with Crippen LogP contribution in [-0.4, -0.2) is 13.0 Å². The van der Waals surface area contributed by atoms with Gasteiger partial charge >= 0.3 is 51.4 Å². The van der Waals surface area contributed by atoms with Gasteiger partial charge in [0, 0.05) is 0 Å². The van der Waals surface area contributed by atoms with Crippen LogP contribution in [-0.2, 0) is 16.5 Å². The number of aryl methyl sites for hydroxylation is 1. The maximum absolute atomic E-state index is 12.5. The van der Waals surface area contributed by atoms with Crippen molar-refractivity contribution in [3.63, 3.8) is 0 Å². The molecule has 0 aliphatic carbocycles. The van der Waals surface area contributed by atoms with E-state index < -0.39 is 15.9 Å². The monoisotopic (exact) mass is 500 g/mol. The Labute approximate surface area is 242 Å². The minimum Gasteiger partial charge on any atom is -0.870 e. The van der Waals surface area contributed by atoms with E-state index in [0.29, 0.717) is 17.7 Å². The average Bonchev–Trinajstić information content (AvgIpc) is 2.76. The third-order valence-electron chi connectivity index (χ3n) is 5.67. The molecule has 0 aromatic heterocycles. The Hall–Kier alpha value is -0.414. The van der Waals surface area contributed by atoms with Gasteiger partial charge in [0.1, 0.15) is 11.5 Å². The summed E-state index contributed by atoms with van der Waals surface area (Å²) in [6.45, 7) is 2.24. The molecular weight excluding hydrogens is 463 g/mol. The number of ether oxygens (including phenoxy) is 1. The molecule has 0 heterocycles. The van der Waals surface area contributed by atoms with E-state index in [4.69, 9.17) is 4.74 Å². The minimum absolute atomic E-state index is 0. The summed E-state index contributed by atoms with van der Waals surface area (Å²) in [4.78, 5) is -0.378. The van der Waals surface area contributed by atoms with Crippen LogP contribution in [0.25, 0.3) is 0 Å². The van der Waals surface area contributed by atoms with Crippen LogP contribution in [0.5, 0.6) is 17.2 Å². The van der Waals surface area contributed by atoms with Gasteiger partial charge in [-0.25, -0.2) is 0 Å². The van der Waals surface area contributed by atoms with Crippen LogP contribution >= 0.6 is 0 Å². The summed E-state index contributed by atoms with van der Waals surface area (Å²) in [5.74, 6) is 0.102. The zero-order chi connectivity index (χ0) is 23.2. The van der Waals surface area contributed by atoms with Gasteiger partial charge in [0.25, 0.3) is 10.1 Å². The molecule has 178 valence electrons. The molecule has 0 atom stereocenters. The van der Waals surface area contributed by atoms with Crippen LogP contribution in [0.1, 0.15) is 89.5 Å². The second-order valence-electron chi connectivity index (χ2n) is 8.44. The standard InChI is InChI=1S/C26H38O5S.K/c1-2-3-4-5-6-7-8-9-10-11-12-14-17-22-20-24(32(28,29)30)21-25(27)26(22)31-23-18-15-13-16-19-23;/h13,15-16,18-21,27H,2-12,14,17H2,1H3,(H,28,29,30);/q;+1/p-1. The van der Waals surface area contributed by atoms with Crippen molar-refractivity contribution < 1.29 is 74.2 Å². The molecule has 2 aromatic rings. The normalized spacial score (nSPS) is 11.2. The van der Waals surface area contributed by atoms with E-state index in [1.807, 2.05) is 6.07 Å². The molecule has 0 spiro atoms. The van der Waals surface area contributed by atoms with Gasteiger partial charge in [-0.2, -0.15) is 8.42 Å². The molecule has 0 aliphatic rings. The van der Waals surface area contributed by atoms with Gasteiger partial charge in [0.05, 0.1) is 4.90 Å². The van der Waals surface area contributed by atoms with Crippen molar-refractivity contribution in [1.82, 2.24) is 0 Å². The summed E-state index contributed by atoms with van der Waals surface area (Å²) in [5, 5.41) is 12.5. The first-order valence-corrected chi connectivity index (χ1v) is 13.4. The van der Waals surface area contributed by atoms with Gasteiger partial charge < -0.3 is 9.84 Å². The molecule has 0 bridgehead atoms. The van der Waals surface area contributed by atoms with Crippen molar-refractivity contribution in [2.24, 2.45) is 0 Å². The van der Waals surface area contributed by atoms with Crippen molar-refractivity contribution in [2.75, 3.05) is 0 Å².